The number of carbonyl (C=O) groups is 1. The standard InChI is InChI=1S/C17H14N4OS2/c1-20(12-7-3-2-4-8-12)15(22)11-23-16-18-19-17-21(16)13-9-5-6-10-14(13)24-17/h2-10H,11H2,1H3. The van der Waals surface area contributed by atoms with Gasteiger partial charge < -0.3 is 4.90 Å². The van der Waals surface area contributed by atoms with E-state index >= 15 is 0 Å². The fraction of sp³-hybridized carbons (Fsp3) is 0.118. The molecule has 0 aliphatic carbocycles. The second-order valence-corrected chi connectivity index (χ2v) is 7.20. The molecule has 0 unspecified atom stereocenters. The molecule has 2 aromatic carbocycles. The molecule has 0 saturated carbocycles. The maximum absolute atomic E-state index is 12.4. The molecule has 1 amide bonds. The summed E-state index contributed by atoms with van der Waals surface area (Å²) in [7, 11) is 1.79. The predicted octanol–water partition coefficient (Wildman–Crippen LogP) is 3.70. The lowest BCUT2D eigenvalue weighted by atomic mass is 10.3. The lowest BCUT2D eigenvalue weighted by Gasteiger charge is -2.16. The van der Waals surface area contributed by atoms with E-state index in [1.165, 1.54) is 11.8 Å². The quantitative estimate of drug-likeness (QED) is 0.524. The Hall–Kier alpha value is -2.38. The molecular formula is C17H14N4OS2. The first-order chi connectivity index (χ1) is 11.7. The van der Waals surface area contributed by atoms with Gasteiger partial charge in [0.05, 0.1) is 16.0 Å². The van der Waals surface area contributed by atoms with Gasteiger partial charge in [0.1, 0.15) is 0 Å². The number of thioether (sulfide) groups is 1. The number of amides is 1. The predicted molar refractivity (Wildman–Crippen MR) is 98.9 cm³/mol. The van der Waals surface area contributed by atoms with Gasteiger partial charge in [-0.3, -0.25) is 9.20 Å². The second-order valence-electron chi connectivity index (χ2n) is 5.25. The second kappa shape index (κ2) is 6.26. The highest BCUT2D eigenvalue weighted by Crippen LogP contribution is 2.29. The Bertz CT molecular complexity index is 1010. The van der Waals surface area contributed by atoms with E-state index in [1.807, 2.05) is 52.9 Å². The fourth-order valence-corrected chi connectivity index (χ4v) is 4.35. The third kappa shape index (κ3) is 2.65. The van der Waals surface area contributed by atoms with Crippen LogP contribution in [0.4, 0.5) is 5.69 Å². The highest BCUT2D eigenvalue weighted by atomic mass is 32.2. The van der Waals surface area contributed by atoms with Crippen LogP contribution in [0.25, 0.3) is 15.2 Å². The molecule has 0 aliphatic heterocycles. The Balaban J connectivity index is 1.56. The van der Waals surface area contributed by atoms with Crippen LogP contribution in [0, 0.1) is 0 Å². The molecule has 0 N–H and O–H groups in total. The molecule has 7 heteroatoms. The van der Waals surface area contributed by atoms with Crippen molar-refractivity contribution in [2.75, 3.05) is 17.7 Å². The summed E-state index contributed by atoms with van der Waals surface area (Å²) in [5.41, 5.74) is 1.96. The van der Waals surface area contributed by atoms with Crippen molar-refractivity contribution < 1.29 is 4.79 Å². The molecule has 0 saturated heterocycles. The molecule has 120 valence electrons. The average molecular weight is 354 g/mol. The normalized spacial score (nSPS) is 11.2. The summed E-state index contributed by atoms with van der Waals surface area (Å²) in [6.07, 6.45) is 0. The van der Waals surface area contributed by atoms with Crippen LogP contribution in [0.15, 0.2) is 59.8 Å². The van der Waals surface area contributed by atoms with E-state index in [4.69, 9.17) is 0 Å². The number of thiazole rings is 1. The van der Waals surface area contributed by atoms with Gasteiger partial charge in [-0.05, 0) is 24.3 Å². The number of hydrogen-bond donors (Lipinski definition) is 0. The summed E-state index contributed by atoms with van der Waals surface area (Å²) >= 11 is 3.01. The van der Waals surface area contributed by atoms with Crippen LogP contribution >= 0.6 is 23.1 Å². The number of benzene rings is 2. The van der Waals surface area contributed by atoms with E-state index in [-0.39, 0.29) is 5.91 Å². The summed E-state index contributed by atoms with van der Waals surface area (Å²) in [6.45, 7) is 0. The van der Waals surface area contributed by atoms with E-state index in [1.54, 1.807) is 23.3 Å². The zero-order chi connectivity index (χ0) is 16.5. The maximum atomic E-state index is 12.4. The smallest absolute Gasteiger partial charge is 0.237 e. The maximum Gasteiger partial charge on any atom is 0.237 e. The lowest BCUT2D eigenvalue weighted by Crippen LogP contribution is -2.27. The molecule has 0 spiro atoms. The number of nitrogens with zero attached hydrogens (tertiary/aromatic N) is 4. The molecule has 4 rings (SSSR count). The first-order valence-electron chi connectivity index (χ1n) is 7.41. The third-order valence-electron chi connectivity index (χ3n) is 3.75. The minimum Gasteiger partial charge on any atom is -0.315 e. The van der Waals surface area contributed by atoms with Crippen molar-refractivity contribution in [2.24, 2.45) is 0 Å². The van der Waals surface area contributed by atoms with Crippen molar-refractivity contribution in [3.63, 3.8) is 0 Å². The highest BCUT2D eigenvalue weighted by Gasteiger charge is 2.16. The van der Waals surface area contributed by atoms with E-state index in [0.29, 0.717) is 5.75 Å². The van der Waals surface area contributed by atoms with Crippen LogP contribution in [0.2, 0.25) is 0 Å². The molecule has 0 bridgehead atoms. The van der Waals surface area contributed by atoms with Crippen LogP contribution in [-0.2, 0) is 4.79 Å². The first-order valence-corrected chi connectivity index (χ1v) is 9.21. The zero-order valence-corrected chi connectivity index (χ0v) is 14.5. The summed E-state index contributed by atoms with van der Waals surface area (Å²) in [5, 5.41) is 9.20. The van der Waals surface area contributed by atoms with Gasteiger partial charge in [-0.15, -0.1) is 10.2 Å². The van der Waals surface area contributed by atoms with Crippen molar-refractivity contribution in [1.29, 1.82) is 0 Å². The number of carbonyl (C=O) groups excluding carboxylic acids is 1. The van der Waals surface area contributed by atoms with Crippen LogP contribution < -0.4 is 4.90 Å². The van der Waals surface area contributed by atoms with Crippen LogP contribution in [0.1, 0.15) is 0 Å². The highest BCUT2D eigenvalue weighted by molar-refractivity contribution is 7.99. The molecule has 2 heterocycles. The largest absolute Gasteiger partial charge is 0.315 e. The molecule has 5 nitrogen and oxygen atoms in total. The van der Waals surface area contributed by atoms with Gasteiger partial charge in [-0.2, -0.15) is 0 Å². The van der Waals surface area contributed by atoms with E-state index in [9.17, 15) is 4.79 Å². The Morgan fingerprint density at radius 2 is 1.88 bits per heavy atom. The lowest BCUT2D eigenvalue weighted by molar-refractivity contribution is -0.115. The van der Waals surface area contributed by atoms with Gasteiger partial charge in [-0.1, -0.05) is 53.4 Å². The topological polar surface area (TPSA) is 50.5 Å². The molecule has 2 aromatic heterocycles. The molecule has 0 aliphatic rings. The SMILES string of the molecule is CN(C(=O)CSc1nnc2sc3ccccc3n12)c1ccccc1. The average Bonchev–Trinajstić information content (AvgIpc) is 3.19. The van der Waals surface area contributed by atoms with Crippen LogP contribution in [0.3, 0.4) is 0 Å². The van der Waals surface area contributed by atoms with E-state index < -0.39 is 0 Å². The summed E-state index contributed by atoms with van der Waals surface area (Å²) < 4.78 is 3.18. The molecule has 0 atom stereocenters. The van der Waals surface area contributed by atoms with E-state index in [2.05, 4.69) is 16.3 Å². The van der Waals surface area contributed by atoms with Gasteiger partial charge >= 0.3 is 0 Å². The van der Waals surface area contributed by atoms with Gasteiger partial charge in [0.15, 0.2) is 5.16 Å². The Morgan fingerprint density at radius 3 is 2.71 bits per heavy atom. The van der Waals surface area contributed by atoms with Gasteiger partial charge in [0.25, 0.3) is 0 Å². The molecule has 24 heavy (non-hydrogen) atoms. The number of rotatable bonds is 4. The third-order valence-corrected chi connectivity index (χ3v) is 5.68. The number of para-hydroxylation sites is 2. The van der Waals surface area contributed by atoms with Crippen molar-refractivity contribution in [3.8, 4) is 0 Å². The number of aromatic nitrogens is 3. The fourth-order valence-electron chi connectivity index (χ4n) is 2.47. The number of hydrogen-bond acceptors (Lipinski definition) is 5. The molecule has 0 radical (unpaired) electrons. The Labute approximate surface area is 146 Å². The molecule has 0 fully saturated rings. The Kier molecular flexibility index (Phi) is 3.95. The monoisotopic (exact) mass is 354 g/mol. The first kappa shape index (κ1) is 15.2. The summed E-state index contributed by atoms with van der Waals surface area (Å²) in [5.74, 6) is 0.346. The van der Waals surface area contributed by atoms with Crippen LogP contribution in [-0.4, -0.2) is 33.3 Å². The summed E-state index contributed by atoms with van der Waals surface area (Å²) in [6, 6.07) is 17.7. The van der Waals surface area contributed by atoms with Crippen molar-refractivity contribution >= 4 is 49.9 Å². The zero-order valence-electron chi connectivity index (χ0n) is 12.9. The van der Waals surface area contributed by atoms with Gasteiger partial charge in [0, 0.05) is 12.7 Å². The van der Waals surface area contributed by atoms with Crippen molar-refractivity contribution in [2.45, 2.75) is 5.16 Å². The number of anilines is 1. The molecule has 4 aromatic rings. The van der Waals surface area contributed by atoms with Gasteiger partial charge in [0.2, 0.25) is 10.9 Å². The van der Waals surface area contributed by atoms with Gasteiger partial charge in [-0.25, -0.2) is 0 Å². The van der Waals surface area contributed by atoms with E-state index in [0.717, 1.165) is 26.0 Å². The number of fused-ring (bicyclic) bond motifs is 3. The summed E-state index contributed by atoms with van der Waals surface area (Å²) in [4.78, 5) is 14.9. The van der Waals surface area contributed by atoms with Crippen LogP contribution in [0.5, 0.6) is 0 Å². The van der Waals surface area contributed by atoms with Crippen molar-refractivity contribution in [3.05, 3.63) is 54.6 Å². The Morgan fingerprint density at radius 1 is 1.12 bits per heavy atom. The minimum absolute atomic E-state index is 0.0301. The minimum atomic E-state index is 0.0301. The molecular weight excluding hydrogens is 340 g/mol. The van der Waals surface area contributed by atoms with Crippen molar-refractivity contribution in [1.82, 2.24) is 14.6 Å².